The smallest absolute Gasteiger partial charge is 0.323 e. The molecule has 0 aliphatic carbocycles. The molecule has 4 aromatic heterocycles. The summed E-state index contributed by atoms with van der Waals surface area (Å²) in [6, 6.07) is 10.6. The zero-order valence-corrected chi connectivity index (χ0v) is 15.4. The van der Waals surface area contributed by atoms with E-state index in [1.54, 1.807) is 30.3 Å². The highest BCUT2D eigenvalue weighted by molar-refractivity contribution is 5.91. The summed E-state index contributed by atoms with van der Waals surface area (Å²) in [6.45, 7) is 1.86. The van der Waals surface area contributed by atoms with Gasteiger partial charge in [0.25, 0.3) is 0 Å². The molecule has 0 saturated carbocycles. The average molecular weight is 407 g/mol. The first-order valence-corrected chi connectivity index (χ1v) is 8.65. The largest absolute Gasteiger partial charge is 0.419 e. The van der Waals surface area contributed by atoms with Gasteiger partial charge in [0, 0.05) is 24.0 Å². The lowest BCUT2D eigenvalue weighted by atomic mass is 10.1. The Hall–Kier alpha value is -4.13. The molecule has 0 amide bonds. The quantitative estimate of drug-likeness (QED) is 0.536. The fourth-order valence-electron chi connectivity index (χ4n) is 2.78. The van der Waals surface area contributed by atoms with Crippen LogP contribution in [0.2, 0.25) is 0 Å². The zero-order valence-electron chi connectivity index (χ0n) is 15.4. The van der Waals surface area contributed by atoms with Crippen molar-refractivity contribution in [1.82, 2.24) is 24.9 Å². The number of aryl methyl sites for hydroxylation is 1. The van der Waals surface area contributed by atoms with Gasteiger partial charge in [-0.15, -0.1) is 0 Å². The lowest BCUT2D eigenvalue weighted by molar-refractivity contribution is -0.138. The maximum atomic E-state index is 12.7. The molecule has 10 heteroatoms. The van der Waals surface area contributed by atoms with Gasteiger partial charge in [0.15, 0.2) is 5.65 Å². The molecular weight excluding hydrogens is 395 g/mol. The van der Waals surface area contributed by atoms with E-state index in [1.165, 1.54) is 6.20 Å². The van der Waals surface area contributed by atoms with E-state index in [0.717, 1.165) is 5.56 Å². The second-order valence-electron chi connectivity index (χ2n) is 6.32. The number of pyridine rings is 3. The van der Waals surface area contributed by atoms with Gasteiger partial charge in [0.05, 0.1) is 22.6 Å². The average Bonchev–Trinajstić information content (AvgIpc) is 2.74. The maximum Gasteiger partial charge on any atom is 0.419 e. The van der Waals surface area contributed by atoms with Crippen LogP contribution in [0.3, 0.4) is 0 Å². The van der Waals surface area contributed by atoms with Crippen LogP contribution in [-0.4, -0.2) is 24.9 Å². The van der Waals surface area contributed by atoms with Gasteiger partial charge in [-0.25, -0.2) is 24.9 Å². The predicted molar refractivity (Wildman–Crippen MR) is 103 cm³/mol. The molecule has 148 valence electrons. The summed E-state index contributed by atoms with van der Waals surface area (Å²) in [7, 11) is 0. The molecule has 0 spiro atoms. The molecular formula is C20H12F3N7. The van der Waals surface area contributed by atoms with E-state index in [4.69, 9.17) is 5.26 Å². The topological polar surface area (TPSA) is 100 Å². The van der Waals surface area contributed by atoms with E-state index in [-0.39, 0.29) is 11.6 Å². The van der Waals surface area contributed by atoms with E-state index < -0.39 is 11.7 Å². The Morgan fingerprint density at radius 1 is 0.967 bits per heavy atom. The lowest BCUT2D eigenvalue weighted by Gasteiger charge is -2.10. The van der Waals surface area contributed by atoms with Crippen LogP contribution in [0.25, 0.3) is 22.4 Å². The summed E-state index contributed by atoms with van der Waals surface area (Å²) < 4.78 is 38.0. The molecule has 0 aromatic carbocycles. The van der Waals surface area contributed by atoms with Crippen LogP contribution in [0.1, 0.15) is 16.8 Å². The summed E-state index contributed by atoms with van der Waals surface area (Å²) in [6.07, 6.45) is -1.56. The minimum Gasteiger partial charge on any atom is -0.323 e. The van der Waals surface area contributed by atoms with Crippen molar-refractivity contribution in [2.24, 2.45) is 0 Å². The van der Waals surface area contributed by atoms with Crippen molar-refractivity contribution in [2.75, 3.05) is 5.32 Å². The number of hydrogen-bond acceptors (Lipinski definition) is 7. The van der Waals surface area contributed by atoms with E-state index in [0.29, 0.717) is 40.5 Å². The normalized spacial score (nSPS) is 11.3. The minimum absolute atomic E-state index is 0.0128. The summed E-state index contributed by atoms with van der Waals surface area (Å²) in [5.41, 5.74) is 2.26. The summed E-state index contributed by atoms with van der Waals surface area (Å²) in [5.74, 6) is 0.0128. The van der Waals surface area contributed by atoms with Crippen molar-refractivity contribution in [3.8, 4) is 17.5 Å². The Kier molecular flexibility index (Phi) is 4.71. The SMILES string of the molecule is Cc1ccc(C#N)nc1-c1ccc2c(Nc3ncc(C(F)(F)F)cn3)ccnc2n1. The number of hydrogen-bond donors (Lipinski definition) is 1. The van der Waals surface area contributed by atoms with Gasteiger partial charge in [0.2, 0.25) is 5.95 Å². The van der Waals surface area contributed by atoms with Crippen LogP contribution in [0.5, 0.6) is 0 Å². The van der Waals surface area contributed by atoms with Crippen molar-refractivity contribution in [2.45, 2.75) is 13.1 Å². The van der Waals surface area contributed by atoms with E-state index in [2.05, 4.69) is 30.2 Å². The number of rotatable bonds is 3. The van der Waals surface area contributed by atoms with E-state index in [1.807, 2.05) is 13.0 Å². The van der Waals surface area contributed by atoms with Crippen LogP contribution in [0, 0.1) is 18.3 Å². The predicted octanol–water partition coefficient (Wildman–Crippen LogP) is 4.42. The number of nitrogens with one attached hydrogen (secondary N) is 1. The number of fused-ring (bicyclic) bond motifs is 1. The molecule has 4 aromatic rings. The van der Waals surface area contributed by atoms with Gasteiger partial charge in [-0.05, 0) is 36.8 Å². The van der Waals surface area contributed by atoms with Gasteiger partial charge in [-0.3, -0.25) is 0 Å². The number of nitriles is 1. The maximum absolute atomic E-state index is 12.7. The van der Waals surface area contributed by atoms with E-state index >= 15 is 0 Å². The number of anilines is 2. The molecule has 0 unspecified atom stereocenters. The number of halogens is 3. The molecule has 0 atom stereocenters. The number of nitrogens with zero attached hydrogens (tertiary/aromatic N) is 6. The van der Waals surface area contributed by atoms with Crippen molar-refractivity contribution in [1.29, 1.82) is 5.26 Å². The van der Waals surface area contributed by atoms with Gasteiger partial charge in [0.1, 0.15) is 11.8 Å². The molecule has 0 radical (unpaired) electrons. The number of alkyl halides is 3. The first-order valence-electron chi connectivity index (χ1n) is 8.65. The lowest BCUT2D eigenvalue weighted by Crippen LogP contribution is -2.07. The van der Waals surface area contributed by atoms with Crippen LogP contribution in [0.15, 0.2) is 48.9 Å². The molecule has 0 saturated heterocycles. The highest BCUT2D eigenvalue weighted by atomic mass is 19.4. The number of aromatic nitrogens is 5. The molecule has 1 N–H and O–H groups in total. The first kappa shape index (κ1) is 19.2. The second kappa shape index (κ2) is 7.36. The summed E-state index contributed by atoms with van der Waals surface area (Å²) >= 11 is 0. The molecule has 0 aliphatic rings. The van der Waals surface area contributed by atoms with Gasteiger partial charge in [-0.2, -0.15) is 18.4 Å². The van der Waals surface area contributed by atoms with Crippen LogP contribution >= 0.6 is 0 Å². The van der Waals surface area contributed by atoms with Crippen molar-refractivity contribution < 1.29 is 13.2 Å². The highest BCUT2D eigenvalue weighted by Gasteiger charge is 2.31. The first-order chi connectivity index (χ1) is 14.3. The van der Waals surface area contributed by atoms with Crippen molar-refractivity contribution in [3.05, 3.63) is 65.7 Å². The fraction of sp³-hybridized carbons (Fsp3) is 0.100. The molecule has 30 heavy (non-hydrogen) atoms. The van der Waals surface area contributed by atoms with Gasteiger partial charge in [-0.1, -0.05) is 6.07 Å². The second-order valence-corrected chi connectivity index (χ2v) is 6.32. The highest BCUT2D eigenvalue weighted by Crippen LogP contribution is 2.29. The van der Waals surface area contributed by atoms with Gasteiger partial charge >= 0.3 is 6.18 Å². The van der Waals surface area contributed by atoms with Crippen LogP contribution < -0.4 is 5.32 Å². The van der Waals surface area contributed by atoms with Crippen molar-refractivity contribution in [3.63, 3.8) is 0 Å². The van der Waals surface area contributed by atoms with E-state index in [9.17, 15) is 13.2 Å². The Bertz CT molecular complexity index is 1280. The molecule has 0 aliphatic heterocycles. The van der Waals surface area contributed by atoms with Crippen molar-refractivity contribution >= 4 is 22.7 Å². The Morgan fingerprint density at radius 3 is 2.43 bits per heavy atom. The monoisotopic (exact) mass is 407 g/mol. The third-order valence-electron chi connectivity index (χ3n) is 4.28. The minimum atomic E-state index is -4.50. The summed E-state index contributed by atoms with van der Waals surface area (Å²) in [5, 5.41) is 12.6. The zero-order chi connectivity index (χ0) is 21.3. The molecule has 0 bridgehead atoms. The third kappa shape index (κ3) is 3.73. The van der Waals surface area contributed by atoms with Gasteiger partial charge < -0.3 is 5.32 Å². The third-order valence-corrected chi connectivity index (χ3v) is 4.28. The Labute approximate surface area is 168 Å². The van der Waals surface area contributed by atoms with Crippen LogP contribution in [0.4, 0.5) is 24.8 Å². The van der Waals surface area contributed by atoms with Crippen LogP contribution in [-0.2, 0) is 6.18 Å². The molecule has 4 heterocycles. The molecule has 7 nitrogen and oxygen atoms in total. The molecule has 4 rings (SSSR count). The fourth-order valence-corrected chi connectivity index (χ4v) is 2.78. The Balaban J connectivity index is 1.69. The Morgan fingerprint density at radius 2 is 1.73 bits per heavy atom. The summed E-state index contributed by atoms with van der Waals surface area (Å²) in [4.78, 5) is 20.5. The molecule has 0 fully saturated rings. The standard InChI is InChI=1S/C20H12F3N7/c1-11-2-3-13(8-24)28-17(11)16-5-4-14-15(6-7-25-18(14)29-16)30-19-26-9-12(10-27-19)20(21,22)23/h2-7,9-10H,1H3,(H,25,26,27,29,30).